The van der Waals surface area contributed by atoms with Gasteiger partial charge in [0.25, 0.3) is 0 Å². The van der Waals surface area contributed by atoms with Crippen molar-refractivity contribution in [3.8, 4) is 0 Å². The first-order chi connectivity index (χ1) is 8.42. The molecule has 0 atom stereocenters. The topological polar surface area (TPSA) is 48.5 Å². The third kappa shape index (κ3) is 2.38. The first-order valence-electron chi connectivity index (χ1n) is 6.28. The first-order valence-corrected chi connectivity index (χ1v) is 6.28. The second-order valence-electron chi connectivity index (χ2n) is 4.72. The molecule has 2 heterocycles. The van der Waals surface area contributed by atoms with Gasteiger partial charge in [0.2, 0.25) is 0 Å². The molecule has 0 amide bonds. The second kappa shape index (κ2) is 4.69. The van der Waals surface area contributed by atoms with E-state index in [0.29, 0.717) is 6.04 Å². The van der Waals surface area contributed by atoms with E-state index in [-0.39, 0.29) is 0 Å². The minimum Gasteiger partial charge on any atom is -0.331 e. The van der Waals surface area contributed by atoms with Crippen molar-refractivity contribution in [1.82, 2.24) is 24.5 Å². The fourth-order valence-corrected chi connectivity index (χ4v) is 2.48. The van der Waals surface area contributed by atoms with E-state index in [9.17, 15) is 0 Å². The summed E-state index contributed by atoms with van der Waals surface area (Å²) in [6, 6.07) is 0.563. The number of hydrogen-bond donors (Lipinski definition) is 0. The molecule has 1 fully saturated rings. The summed E-state index contributed by atoms with van der Waals surface area (Å²) in [5.41, 5.74) is 1.01. The van der Waals surface area contributed by atoms with Gasteiger partial charge in [-0.3, -0.25) is 0 Å². The van der Waals surface area contributed by atoms with E-state index >= 15 is 0 Å². The van der Waals surface area contributed by atoms with E-state index in [2.05, 4.69) is 21.5 Å². The summed E-state index contributed by atoms with van der Waals surface area (Å²) < 4.78 is 4.06. The molecule has 0 N–H and O–H groups in total. The van der Waals surface area contributed by atoms with E-state index in [1.54, 1.807) is 12.5 Å². The predicted molar refractivity (Wildman–Crippen MR) is 63.5 cm³/mol. The molecule has 2 aromatic heterocycles. The molecule has 0 unspecified atom stereocenters. The normalized spacial score (nSPS) is 17.4. The molecule has 5 nitrogen and oxygen atoms in total. The molecule has 0 radical (unpaired) electrons. The Labute approximate surface area is 100 Å². The zero-order valence-corrected chi connectivity index (χ0v) is 9.87. The molecule has 3 rings (SSSR count). The van der Waals surface area contributed by atoms with E-state index in [4.69, 9.17) is 0 Å². The molecule has 0 aromatic carbocycles. The summed E-state index contributed by atoms with van der Waals surface area (Å²) in [5.74, 6) is 0. The summed E-state index contributed by atoms with van der Waals surface area (Å²) in [6.45, 7) is 0.757. The molecule has 1 aliphatic rings. The van der Waals surface area contributed by atoms with E-state index in [0.717, 1.165) is 12.2 Å². The van der Waals surface area contributed by atoms with Crippen molar-refractivity contribution in [3.05, 3.63) is 30.6 Å². The number of aromatic nitrogens is 5. The van der Waals surface area contributed by atoms with Gasteiger partial charge in [-0.1, -0.05) is 24.5 Å². The van der Waals surface area contributed by atoms with Gasteiger partial charge in [0, 0.05) is 12.4 Å². The number of nitrogens with zero attached hydrogens (tertiary/aromatic N) is 5. The molecule has 0 spiro atoms. The second-order valence-corrected chi connectivity index (χ2v) is 4.72. The van der Waals surface area contributed by atoms with Crippen molar-refractivity contribution in [1.29, 1.82) is 0 Å². The van der Waals surface area contributed by atoms with Crippen LogP contribution in [0.2, 0.25) is 0 Å². The van der Waals surface area contributed by atoms with Gasteiger partial charge < -0.3 is 4.57 Å². The lowest BCUT2D eigenvalue weighted by atomic mass is 9.96. The van der Waals surface area contributed by atoms with Crippen molar-refractivity contribution in [2.45, 2.75) is 44.7 Å². The summed E-state index contributed by atoms with van der Waals surface area (Å²) in [5, 5.41) is 8.48. The van der Waals surface area contributed by atoms with Crippen LogP contribution in [0.1, 0.15) is 43.8 Å². The Kier molecular flexibility index (Phi) is 2.90. The van der Waals surface area contributed by atoms with Gasteiger partial charge in [-0.05, 0) is 12.8 Å². The fraction of sp³-hybridized carbons (Fsp3) is 0.583. The highest BCUT2D eigenvalue weighted by Gasteiger charge is 2.16. The molecule has 5 heteroatoms. The van der Waals surface area contributed by atoms with Crippen LogP contribution in [0.5, 0.6) is 0 Å². The minimum absolute atomic E-state index is 0.563. The van der Waals surface area contributed by atoms with E-state index in [1.165, 1.54) is 32.1 Å². The third-order valence-electron chi connectivity index (χ3n) is 3.41. The van der Waals surface area contributed by atoms with Crippen molar-refractivity contribution in [3.63, 3.8) is 0 Å². The molecule has 0 saturated heterocycles. The van der Waals surface area contributed by atoms with E-state index < -0.39 is 0 Å². The summed E-state index contributed by atoms with van der Waals surface area (Å²) >= 11 is 0. The van der Waals surface area contributed by atoms with Gasteiger partial charge in [0.15, 0.2) is 0 Å². The molecule has 1 saturated carbocycles. The van der Waals surface area contributed by atoms with Crippen molar-refractivity contribution in [2.75, 3.05) is 0 Å². The smallest absolute Gasteiger partial charge is 0.102 e. The maximum absolute atomic E-state index is 4.25. The average Bonchev–Trinajstić information content (AvgIpc) is 3.02. The SMILES string of the molecule is c1cn(Cc2cn(C3CCCCC3)nn2)cn1. The highest BCUT2D eigenvalue weighted by atomic mass is 15.4. The van der Waals surface area contributed by atoms with Gasteiger partial charge in [-0.25, -0.2) is 9.67 Å². The van der Waals surface area contributed by atoms with Crippen LogP contribution < -0.4 is 0 Å². The van der Waals surface area contributed by atoms with Crippen LogP contribution >= 0.6 is 0 Å². The number of imidazole rings is 1. The Morgan fingerprint density at radius 1 is 1.24 bits per heavy atom. The molecule has 0 bridgehead atoms. The van der Waals surface area contributed by atoms with Gasteiger partial charge in [-0.15, -0.1) is 5.10 Å². The maximum atomic E-state index is 4.25. The van der Waals surface area contributed by atoms with Crippen LogP contribution in [-0.2, 0) is 6.54 Å². The quantitative estimate of drug-likeness (QED) is 0.812. The number of hydrogen-bond acceptors (Lipinski definition) is 3. The molecule has 0 aliphatic heterocycles. The highest BCUT2D eigenvalue weighted by molar-refractivity contribution is 4.96. The minimum atomic E-state index is 0.563. The molecule has 2 aromatic rings. The van der Waals surface area contributed by atoms with Crippen LogP contribution in [0, 0.1) is 0 Å². The fourth-order valence-electron chi connectivity index (χ4n) is 2.48. The molecule has 1 aliphatic carbocycles. The Bertz CT molecular complexity index is 453. The largest absolute Gasteiger partial charge is 0.331 e. The van der Waals surface area contributed by atoms with Crippen molar-refractivity contribution >= 4 is 0 Å². The Morgan fingerprint density at radius 2 is 2.12 bits per heavy atom. The van der Waals surface area contributed by atoms with Gasteiger partial charge in [0.05, 0.1) is 25.1 Å². The Hall–Kier alpha value is -1.65. The van der Waals surface area contributed by atoms with Crippen molar-refractivity contribution in [2.24, 2.45) is 0 Å². The summed E-state index contributed by atoms with van der Waals surface area (Å²) in [6.07, 6.45) is 14.1. The lowest BCUT2D eigenvalue weighted by Gasteiger charge is -2.20. The molecule has 17 heavy (non-hydrogen) atoms. The predicted octanol–water partition coefficient (Wildman–Crippen LogP) is 2.03. The van der Waals surface area contributed by atoms with Gasteiger partial charge in [-0.2, -0.15) is 0 Å². The Morgan fingerprint density at radius 3 is 2.88 bits per heavy atom. The zero-order chi connectivity index (χ0) is 11.5. The van der Waals surface area contributed by atoms with Crippen LogP contribution in [-0.4, -0.2) is 24.5 Å². The highest BCUT2D eigenvalue weighted by Crippen LogP contribution is 2.27. The maximum Gasteiger partial charge on any atom is 0.102 e. The van der Waals surface area contributed by atoms with Crippen molar-refractivity contribution < 1.29 is 0 Å². The van der Waals surface area contributed by atoms with Gasteiger partial charge >= 0.3 is 0 Å². The molecular weight excluding hydrogens is 214 g/mol. The van der Waals surface area contributed by atoms with E-state index in [1.807, 2.05) is 15.4 Å². The Balaban J connectivity index is 1.69. The zero-order valence-electron chi connectivity index (χ0n) is 9.87. The third-order valence-corrected chi connectivity index (χ3v) is 3.41. The molecular formula is C12H17N5. The summed E-state index contributed by atoms with van der Waals surface area (Å²) in [4.78, 5) is 4.02. The number of rotatable bonds is 3. The van der Waals surface area contributed by atoms with Crippen LogP contribution in [0.4, 0.5) is 0 Å². The van der Waals surface area contributed by atoms with Gasteiger partial charge in [0.1, 0.15) is 5.69 Å². The first kappa shape index (κ1) is 10.5. The lowest BCUT2D eigenvalue weighted by Crippen LogP contribution is -2.13. The molecule has 90 valence electrons. The lowest BCUT2D eigenvalue weighted by molar-refractivity contribution is 0.324. The van der Waals surface area contributed by atoms with Crippen LogP contribution in [0.15, 0.2) is 24.9 Å². The standard InChI is InChI=1S/C12H17N5/c1-2-4-12(5-3-1)17-9-11(14-15-17)8-16-7-6-13-10-16/h6-7,9-10,12H,1-5,8H2. The monoisotopic (exact) mass is 231 g/mol. The average molecular weight is 231 g/mol. The van der Waals surface area contributed by atoms with Crippen LogP contribution in [0.3, 0.4) is 0 Å². The van der Waals surface area contributed by atoms with Crippen LogP contribution in [0.25, 0.3) is 0 Å². The summed E-state index contributed by atoms with van der Waals surface area (Å²) in [7, 11) is 0.